The quantitative estimate of drug-likeness (QED) is 0.533. The number of amides is 3. The first-order chi connectivity index (χ1) is 14.8. The van der Waals surface area contributed by atoms with Crippen molar-refractivity contribution in [1.29, 1.82) is 0 Å². The lowest BCUT2D eigenvalue weighted by Gasteiger charge is -2.23. The highest BCUT2D eigenvalue weighted by Crippen LogP contribution is 2.12. The Kier molecular flexibility index (Phi) is 8.87. The van der Waals surface area contributed by atoms with Gasteiger partial charge in [-0.1, -0.05) is 44.2 Å². The minimum Gasteiger partial charge on any atom is -0.497 e. The molecule has 166 valence electrons. The number of hydrogen-bond acceptors (Lipinski definition) is 5. The van der Waals surface area contributed by atoms with Gasteiger partial charge < -0.3 is 25.4 Å². The van der Waals surface area contributed by atoms with Gasteiger partial charge in [0.15, 0.2) is 6.10 Å². The summed E-state index contributed by atoms with van der Waals surface area (Å²) in [6, 6.07) is 14.7. The van der Waals surface area contributed by atoms with Gasteiger partial charge in [-0.15, -0.1) is 0 Å². The number of esters is 1. The van der Waals surface area contributed by atoms with E-state index in [9.17, 15) is 14.4 Å². The van der Waals surface area contributed by atoms with Gasteiger partial charge in [-0.2, -0.15) is 0 Å². The van der Waals surface area contributed by atoms with Crippen LogP contribution in [0.15, 0.2) is 54.6 Å². The molecule has 0 fully saturated rings. The number of carbonyl (C=O) groups is 3. The van der Waals surface area contributed by atoms with E-state index >= 15 is 0 Å². The molecule has 0 aromatic heterocycles. The van der Waals surface area contributed by atoms with E-state index in [1.165, 1.54) is 6.92 Å². The Balaban J connectivity index is 1.86. The van der Waals surface area contributed by atoms with Gasteiger partial charge in [-0.05, 0) is 42.7 Å². The maximum atomic E-state index is 12.6. The molecule has 0 saturated heterocycles. The summed E-state index contributed by atoms with van der Waals surface area (Å²) in [5.41, 5.74) is 1.48. The Morgan fingerprint density at radius 1 is 0.935 bits per heavy atom. The lowest BCUT2D eigenvalue weighted by atomic mass is 10.0. The maximum Gasteiger partial charge on any atom is 0.329 e. The number of rotatable bonds is 9. The van der Waals surface area contributed by atoms with Crippen LogP contribution in [-0.4, -0.2) is 37.2 Å². The summed E-state index contributed by atoms with van der Waals surface area (Å²) in [7, 11) is 1.58. The number of ether oxygens (including phenoxy) is 2. The Morgan fingerprint density at radius 2 is 1.58 bits per heavy atom. The fraction of sp³-hybridized carbons (Fsp3) is 0.348. The van der Waals surface area contributed by atoms with Crippen LogP contribution in [0.2, 0.25) is 0 Å². The molecule has 8 nitrogen and oxygen atoms in total. The molecule has 0 spiro atoms. The number of benzene rings is 2. The predicted molar refractivity (Wildman–Crippen MR) is 118 cm³/mol. The molecule has 3 amide bonds. The maximum absolute atomic E-state index is 12.6. The second kappa shape index (κ2) is 11.6. The standard InChI is InChI=1S/C23H29N3O5/c1-15(2)20(26-23(29)25-18-8-6-5-7-9-18)22(28)31-16(3)21(27)24-14-17-10-12-19(30-4)13-11-17/h5-13,15-16,20H,14H2,1-4H3,(H,24,27)(H2,25,26,29)/t16-,20+/m0/s1. The SMILES string of the molecule is COc1ccc(CNC(=O)[C@H](C)OC(=O)[C@H](NC(=O)Nc2ccccc2)C(C)C)cc1. The molecule has 2 rings (SSSR count). The molecule has 0 heterocycles. The molecule has 2 aromatic rings. The molecule has 0 radical (unpaired) electrons. The van der Waals surface area contributed by atoms with Crippen LogP contribution in [0, 0.1) is 5.92 Å². The molecule has 0 aliphatic heterocycles. The highest BCUT2D eigenvalue weighted by molar-refractivity contribution is 5.93. The van der Waals surface area contributed by atoms with E-state index < -0.39 is 30.1 Å². The van der Waals surface area contributed by atoms with Crippen molar-refractivity contribution >= 4 is 23.6 Å². The number of urea groups is 1. The normalized spacial score (nSPS) is 12.4. The van der Waals surface area contributed by atoms with E-state index in [0.717, 1.165) is 11.3 Å². The molecule has 8 heteroatoms. The number of hydrogen-bond donors (Lipinski definition) is 3. The first kappa shape index (κ1) is 23.7. The molecular weight excluding hydrogens is 398 g/mol. The largest absolute Gasteiger partial charge is 0.497 e. The first-order valence-electron chi connectivity index (χ1n) is 10.0. The van der Waals surface area contributed by atoms with Crippen molar-refractivity contribution in [3.05, 3.63) is 60.2 Å². The minimum atomic E-state index is -1.01. The average Bonchev–Trinajstić information content (AvgIpc) is 2.76. The van der Waals surface area contributed by atoms with Crippen LogP contribution in [-0.2, 0) is 20.9 Å². The Bertz CT molecular complexity index is 869. The van der Waals surface area contributed by atoms with E-state index in [1.54, 1.807) is 57.4 Å². The van der Waals surface area contributed by atoms with Crippen LogP contribution in [0.3, 0.4) is 0 Å². The third kappa shape index (κ3) is 7.65. The molecule has 0 bridgehead atoms. The average molecular weight is 428 g/mol. The topological polar surface area (TPSA) is 106 Å². The molecule has 2 aromatic carbocycles. The molecule has 2 atom stereocenters. The number of carbonyl (C=O) groups excluding carboxylic acids is 3. The predicted octanol–water partition coefficient (Wildman–Crippen LogP) is 3.09. The second-order valence-corrected chi connectivity index (χ2v) is 7.33. The Hall–Kier alpha value is -3.55. The molecule has 0 unspecified atom stereocenters. The molecule has 3 N–H and O–H groups in total. The summed E-state index contributed by atoms with van der Waals surface area (Å²) in [6.07, 6.45) is -1.01. The van der Waals surface area contributed by atoms with Crippen LogP contribution in [0.5, 0.6) is 5.75 Å². The van der Waals surface area contributed by atoms with Gasteiger partial charge in [-0.25, -0.2) is 9.59 Å². The van der Waals surface area contributed by atoms with Crippen molar-refractivity contribution in [2.24, 2.45) is 5.92 Å². The number of anilines is 1. The number of para-hydroxylation sites is 1. The Labute approximate surface area is 182 Å². The van der Waals surface area contributed by atoms with Gasteiger partial charge in [0.25, 0.3) is 5.91 Å². The molecule has 0 aliphatic carbocycles. The van der Waals surface area contributed by atoms with Crippen molar-refractivity contribution in [1.82, 2.24) is 10.6 Å². The molecule has 31 heavy (non-hydrogen) atoms. The zero-order valence-corrected chi connectivity index (χ0v) is 18.2. The van der Waals surface area contributed by atoms with E-state index in [1.807, 2.05) is 18.2 Å². The van der Waals surface area contributed by atoms with Gasteiger partial charge in [0.1, 0.15) is 11.8 Å². The second-order valence-electron chi connectivity index (χ2n) is 7.33. The highest BCUT2D eigenvalue weighted by atomic mass is 16.5. The summed E-state index contributed by atoms with van der Waals surface area (Å²) in [6.45, 7) is 5.34. The van der Waals surface area contributed by atoms with E-state index in [-0.39, 0.29) is 12.5 Å². The summed E-state index contributed by atoms with van der Waals surface area (Å²) in [5, 5.41) is 7.99. The highest BCUT2D eigenvalue weighted by Gasteiger charge is 2.29. The van der Waals surface area contributed by atoms with Crippen LogP contribution in [0.4, 0.5) is 10.5 Å². The molecule has 0 saturated carbocycles. The number of nitrogens with one attached hydrogen (secondary N) is 3. The third-order valence-electron chi connectivity index (χ3n) is 4.53. The first-order valence-corrected chi connectivity index (χ1v) is 10.0. The smallest absolute Gasteiger partial charge is 0.329 e. The van der Waals surface area contributed by atoms with Crippen molar-refractivity contribution < 1.29 is 23.9 Å². The Morgan fingerprint density at radius 3 is 2.16 bits per heavy atom. The van der Waals surface area contributed by atoms with Gasteiger partial charge in [0.2, 0.25) is 0 Å². The van der Waals surface area contributed by atoms with Crippen LogP contribution in [0.25, 0.3) is 0 Å². The number of methoxy groups -OCH3 is 1. The van der Waals surface area contributed by atoms with E-state index in [4.69, 9.17) is 9.47 Å². The summed E-state index contributed by atoms with van der Waals surface area (Å²) < 4.78 is 10.4. The van der Waals surface area contributed by atoms with Crippen LogP contribution in [0.1, 0.15) is 26.3 Å². The van der Waals surface area contributed by atoms with Crippen molar-refractivity contribution in [3.63, 3.8) is 0 Å². The van der Waals surface area contributed by atoms with Gasteiger partial charge in [0.05, 0.1) is 7.11 Å². The lowest BCUT2D eigenvalue weighted by Crippen LogP contribution is -2.49. The zero-order valence-electron chi connectivity index (χ0n) is 18.2. The summed E-state index contributed by atoms with van der Waals surface area (Å²) in [5.74, 6) is -0.616. The zero-order chi connectivity index (χ0) is 22.8. The van der Waals surface area contributed by atoms with E-state index in [0.29, 0.717) is 5.69 Å². The van der Waals surface area contributed by atoms with Crippen molar-refractivity contribution in [2.75, 3.05) is 12.4 Å². The van der Waals surface area contributed by atoms with Gasteiger partial charge >= 0.3 is 12.0 Å². The van der Waals surface area contributed by atoms with Gasteiger partial charge in [-0.3, -0.25) is 4.79 Å². The summed E-state index contributed by atoms with van der Waals surface area (Å²) in [4.78, 5) is 37.1. The fourth-order valence-corrected chi connectivity index (χ4v) is 2.71. The fourth-order valence-electron chi connectivity index (χ4n) is 2.71. The van der Waals surface area contributed by atoms with Crippen LogP contribution < -0.4 is 20.7 Å². The van der Waals surface area contributed by atoms with E-state index in [2.05, 4.69) is 16.0 Å². The van der Waals surface area contributed by atoms with Crippen molar-refractivity contribution in [3.8, 4) is 5.75 Å². The van der Waals surface area contributed by atoms with Gasteiger partial charge in [0, 0.05) is 12.2 Å². The molecular formula is C23H29N3O5. The lowest BCUT2D eigenvalue weighted by molar-refractivity contribution is -0.157. The monoisotopic (exact) mass is 427 g/mol. The minimum absolute atomic E-state index is 0.233. The third-order valence-corrected chi connectivity index (χ3v) is 4.53. The van der Waals surface area contributed by atoms with Crippen molar-refractivity contribution in [2.45, 2.75) is 39.5 Å². The molecule has 0 aliphatic rings. The summed E-state index contributed by atoms with van der Waals surface area (Å²) >= 11 is 0. The van der Waals surface area contributed by atoms with Crippen LogP contribution >= 0.6 is 0 Å².